The van der Waals surface area contributed by atoms with Gasteiger partial charge < -0.3 is 0 Å². The van der Waals surface area contributed by atoms with Gasteiger partial charge in [0.05, 0.1) is 12.6 Å². The molecule has 0 spiro atoms. The van der Waals surface area contributed by atoms with E-state index in [-0.39, 0.29) is 28.6 Å². The van der Waals surface area contributed by atoms with Gasteiger partial charge in [0.1, 0.15) is 17.0 Å². The standard InChI is InChI=1S/C42H59FN3/c1-11-18-31(19-12-2)32-20-17-21-33(27-32)35-22-15-16-23-38(35)46(39(44)29(5)6)40-36-25-24-34(43)28-37(36)41(9,30(7)8)42(14-4,26-13-3)45(40)10/h15-17,20-25,27-31,44H,11-14,18-19,26H2,1-10H3/q+1. The average Bonchev–Trinajstić information content (AvgIpc) is 3.04. The molecule has 2 unspecified atom stereocenters. The molecule has 3 nitrogen and oxygen atoms in total. The van der Waals surface area contributed by atoms with E-state index in [1.54, 1.807) is 12.1 Å². The Bertz CT molecular complexity index is 1550. The maximum Gasteiger partial charge on any atom is 0.291 e. The molecule has 0 saturated heterocycles. The molecule has 1 aliphatic heterocycles. The molecule has 1 aliphatic rings. The number of fused-ring (bicyclic) bond motifs is 1. The SMILES string of the molecule is CCCC(CCC)c1cccc(-c2ccccc2N(C(=N)C(C)C)C2=[N+](C)C(CC)(CCC)C(C)(C(C)C)c3cc(F)ccc32)c1. The lowest BCUT2D eigenvalue weighted by Crippen LogP contribution is -2.65. The van der Waals surface area contributed by atoms with Crippen LogP contribution in [0.15, 0.2) is 66.7 Å². The molecule has 0 radical (unpaired) electrons. The maximum absolute atomic E-state index is 15.3. The zero-order chi connectivity index (χ0) is 33.8. The van der Waals surface area contributed by atoms with Crippen molar-refractivity contribution in [3.63, 3.8) is 0 Å². The Morgan fingerprint density at radius 2 is 1.52 bits per heavy atom. The number of hydrogen-bond acceptors (Lipinski definition) is 1. The maximum atomic E-state index is 15.3. The molecule has 4 heteroatoms. The first-order chi connectivity index (χ1) is 21.9. The average molecular weight is 625 g/mol. The molecule has 248 valence electrons. The number of nitrogens with one attached hydrogen (secondary N) is 1. The number of anilines is 1. The van der Waals surface area contributed by atoms with Gasteiger partial charge in [-0.05, 0) is 78.5 Å². The lowest BCUT2D eigenvalue weighted by atomic mass is 9.55. The minimum absolute atomic E-state index is 0.0247. The number of nitrogens with zero attached hydrogens (tertiary/aromatic N) is 2. The molecule has 0 aliphatic carbocycles. The second kappa shape index (κ2) is 14.7. The minimum Gasteiger partial charge on any atom is -0.267 e. The van der Waals surface area contributed by atoms with Crippen LogP contribution in [0, 0.1) is 23.1 Å². The van der Waals surface area contributed by atoms with Crippen LogP contribution in [0.4, 0.5) is 10.1 Å². The molecular formula is C42H59FN3+. The second-order valence-electron chi connectivity index (χ2n) is 14.4. The lowest BCUT2D eigenvalue weighted by Gasteiger charge is -2.54. The van der Waals surface area contributed by atoms with Crippen molar-refractivity contribution in [2.45, 2.75) is 124 Å². The van der Waals surface area contributed by atoms with Crippen LogP contribution in [0.3, 0.4) is 0 Å². The zero-order valence-corrected chi connectivity index (χ0v) is 30.3. The summed E-state index contributed by atoms with van der Waals surface area (Å²) in [5.41, 5.74) is 6.16. The fourth-order valence-corrected chi connectivity index (χ4v) is 8.53. The van der Waals surface area contributed by atoms with Crippen molar-refractivity contribution in [1.29, 1.82) is 5.41 Å². The zero-order valence-electron chi connectivity index (χ0n) is 30.3. The van der Waals surface area contributed by atoms with E-state index in [2.05, 4.69) is 127 Å². The second-order valence-corrected chi connectivity index (χ2v) is 14.4. The van der Waals surface area contributed by atoms with E-state index in [1.807, 2.05) is 6.07 Å². The third-order valence-corrected chi connectivity index (χ3v) is 11.2. The first-order valence-electron chi connectivity index (χ1n) is 17.9. The van der Waals surface area contributed by atoms with E-state index in [4.69, 9.17) is 0 Å². The Hall–Kier alpha value is -3.27. The first-order valence-corrected chi connectivity index (χ1v) is 17.9. The first kappa shape index (κ1) is 35.6. The summed E-state index contributed by atoms with van der Waals surface area (Å²) in [7, 11) is 2.23. The molecule has 0 saturated carbocycles. The predicted octanol–water partition coefficient (Wildman–Crippen LogP) is 11.6. The Balaban J connectivity index is 2.09. The summed E-state index contributed by atoms with van der Waals surface area (Å²) in [6, 6.07) is 23.0. The highest BCUT2D eigenvalue weighted by molar-refractivity contribution is 6.24. The molecule has 0 amide bonds. The van der Waals surface area contributed by atoms with Crippen LogP contribution < -0.4 is 4.90 Å². The molecule has 1 heterocycles. The van der Waals surface area contributed by atoms with Crippen molar-refractivity contribution < 1.29 is 8.97 Å². The molecule has 0 fully saturated rings. The summed E-state index contributed by atoms with van der Waals surface area (Å²) in [6.07, 6.45) is 7.60. The van der Waals surface area contributed by atoms with Crippen LogP contribution >= 0.6 is 0 Å². The summed E-state index contributed by atoms with van der Waals surface area (Å²) in [5.74, 6) is 2.10. The van der Waals surface area contributed by atoms with E-state index < -0.39 is 0 Å². The Labute approximate surface area is 279 Å². The van der Waals surface area contributed by atoms with E-state index in [1.165, 1.54) is 36.8 Å². The quantitative estimate of drug-likeness (QED) is 0.121. The van der Waals surface area contributed by atoms with Gasteiger partial charge >= 0.3 is 0 Å². The topological polar surface area (TPSA) is 30.1 Å². The van der Waals surface area contributed by atoms with Gasteiger partial charge in [-0.3, -0.25) is 9.98 Å². The highest BCUT2D eigenvalue weighted by Gasteiger charge is 2.59. The van der Waals surface area contributed by atoms with Gasteiger partial charge in [0.15, 0.2) is 5.84 Å². The van der Waals surface area contributed by atoms with E-state index in [0.717, 1.165) is 47.5 Å². The molecule has 46 heavy (non-hydrogen) atoms. The van der Waals surface area contributed by atoms with Crippen molar-refractivity contribution >= 4 is 17.4 Å². The predicted molar refractivity (Wildman–Crippen MR) is 196 cm³/mol. The number of rotatable bonds is 12. The summed E-state index contributed by atoms with van der Waals surface area (Å²) >= 11 is 0. The molecule has 3 aromatic carbocycles. The molecule has 0 bridgehead atoms. The third-order valence-electron chi connectivity index (χ3n) is 11.2. The normalized spacial score (nSPS) is 19.7. The molecule has 0 aromatic heterocycles. The van der Waals surface area contributed by atoms with Crippen LogP contribution in [0.5, 0.6) is 0 Å². The van der Waals surface area contributed by atoms with Crippen molar-refractivity contribution in [2.24, 2.45) is 11.8 Å². The van der Waals surface area contributed by atoms with Crippen LogP contribution in [-0.2, 0) is 5.41 Å². The van der Waals surface area contributed by atoms with Gasteiger partial charge in [-0.1, -0.05) is 124 Å². The highest BCUT2D eigenvalue weighted by atomic mass is 19.1. The van der Waals surface area contributed by atoms with E-state index >= 15 is 4.39 Å². The number of halogens is 1. The Morgan fingerprint density at radius 1 is 0.848 bits per heavy atom. The molecule has 1 N–H and O–H groups in total. The minimum atomic E-state index is -0.305. The Kier molecular flexibility index (Phi) is 11.3. The summed E-state index contributed by atoms with van der Waals surface area (Å²) in [5, 5.41) is 9.70. The fraction of sp³-hybridized carbons (Fsp3) is 0.524. The molecule has 4 rings (SSSR count). The number of likely N-dealkylation sites (N-methyl/N-ethyl adjacent to an activating group) is 1. The fourth-order valence-electron chi connectivity index (χ4n) is 8.53. The number of para-hydroxylation sites is 1. The van der Waals surface area contributed by atoms with Crippen LogP contribution in [-0.4, -0.2) is 28.8 Å². The molecular weight excluding hydrogens is 565 g/mol. The van der Waals surface area contributed by atoms with Crippen molar-refractivity contribution in [2.75, 3.05) is 11.9 Å². The van der Waals surface area contributed by atoms with Gasteiger partial charge in [-0.25, -0.2) is 4.39 Å². The highest BCUT2D eigenvalue weighted by Crippen LogP contribution is 2.52. The van der Waals surface area contributed by atoms with Gasteiger partial charge in [0, 0.05) is 16.9 Å². The van der Waals surface area contributed by atoms with Gasteiger partial charge in [0.2, 0.25) is 0 Å². The Morgan fingerprint density at radius 3 is 2.11 bits per heavy atom. The molecule has 3 aromatic rings. The van der Waals surface area contributed by atoms with E-state index in [9.17, 15) is 5.41 Å². The summed E-state index contributed by atoms with van der Waals surface area (Å²) in [6.45, 7) is 20.2. The summed E-state index contributed by atoms with van der Waals surface area (Å²) in [4.78, 5) is 2.19. The lowest BCUT2D eigenvalue weighted by molar-refractivity contribution is -0.604. The molecule has 2 atom stereocenters. The van der Waals surface area contributed by atoms with Gasteiger partial charge in [-0.15, -0.1) is 0 Å². The number of amidine groups is 2. The van der Waals surface area contributed by atoms with Crippen molar-refractivity contribution in [3.8, 4) is 11.1 Å². The van der Waals surface area contributed by atoms with Crippen LogP contribution in [0.25, 0.3) is 11.1 Å². The van der Waals surface area contributed by atoms with Crippen LogP contribution in [0.1, 0.15) is 130 Å². The number of hydrogen-bond donors (Lipinski definition) is 1. The summed E-state index contributed by atoms with van der Waals surface area (Å²) < 4.78 is 17.8. The monoisotopic (exact) mass is 624 g/mol. The largest absolute Gasteiger partial charge is 0.291 e. The van der Waals surface area contributed by atoms with Gasteiger partial charge in [0.25, 0.3) is 5.84 Å². The van der Waals surface area contributed by atoms with Gasteiger partial charge in [-0.2, -0.15) is 4.90 Å². The van der Waals surface area contributed by atoms with Crippen molar-refractivity contribution in [1.82, 2.24) is 0 Å². The van der Waals surface area contributed by atoms with Crippen LogP contribution in [0.2, 0.25) is 0 Å². The van der Waals surface area contributed by atoms with E-state index in [0.29, 0.717) is 11.8 Å². The third kappa shape index (κ3) is 6.09. The number of benzene rings is 3. The smallest absolute Gasteiger partial charge is 0.267 e. The van der Waals surface area contributed by atoms with Crippen molar-refractivity contribution in [3.05, 3.63) is 89.2 Å².